The summed E-state index contributed by atoms with van der Waals surface area (Å²) in [5, 5.41) is 15.4. The number of rotatable bonds is 5. The van der Waals surface area contributed by atoms with Crippen LogP contribution in [0.4, 0.5) is 5.69 Å². The van der Waals surface area contributed by atoms with Crippen LogP contribution in [0.15, 0.2) is 17.6 Å². The summed E-state index contributed by atoms with van der Waals surface area (Å²) in [5.74, 6) is -0.957. The number of thiazole rings is 1. The molecule has 0 unspecified atom stereocenters. The van der Waals surface area contributed by atoms with Gasteiger partial charge in [-0.05, 0) is 19.9 Å². The molecule has 0 atom stereocenters. The van der Waals surface area contributed by atoms with Crippen molar-refractivity contribution in [3.8, 4) is 0 Å². The maximum atomic E-state index is 11.3. The molecule has 0 aliphatic carbocycles. The predicted octanol–water partition coefficient (Wildman–Crippen LogP) is 2.51. The highest BCUT2D eigenvalue weighted by Crippen LogP contribution is 2.20. The van der Waals surface area contributed by atoms with Crippen molar-refractivity contribution in [2.24, 2.45) is 0 Å². The van der Waals surface area contributed by atoms with Gasteiger partial charge in [-0.1, -0.05) is 0 Å². The number of aromatic carboxylic acids is 1. The van der Waals surface area contributed by atoms with Crippen LogP contribution in [-0.2, 0) is 6.42 Å². The number of pyridine rings is 1. The Kier molecular flexibility index (Phi) is 4.11. The number of aromatic nitrogens is 2. The zero-order valence-electron chi connectivity index (χ0n) is 10.8. The molecule has 0 radical (unpaired) electrons. The van der Waals surface area contributed by atoms with E-state index in [1.165, 1.54) is 0 Å². The van der Waals surface area contributed by atoms with Gasteiger partial charge in [0.05, 0.1) is 16.4 Å². The molecule has 0 amide bonds. The van der Waals surface area contributed by atoms with Crippen molar-refractivity contribution in [2.45, 2.75) is 20.3 Å². The van der Waals surface area contributed by atoms with Gasteiger partial charge in [-0.3, -0.25) is 4.98 Å². The molecule has 0 spiro atoms. The molecule has 0 saturated carbocycles. The van der Waals surface area contributed by atoms with E-state index >= 15 is 0 Å². The number of nitrogens with one attached hydrogen (secondary N) is 1. The molecule has 2 heterocycles. The number of hydrogen-bond acceptors (Lipinski definition) is 5. The Hall–Kier alpha value is -1.95. The number of carbonyl (C=O) groups is 1. The summed E-state index contributed by atoms with van der Waals surface area (Å²) in [6, 6.07) is 1.76. The lowest BCUT2D eigenvalue weighted by molar-refractivity contribution is 0.0696. The van der Waals surface area contributed by atoms with Crippen molar-refractivity contribution >= 4 is 23.0 Å². The van der Waals surface area contributed by atoms with E-state index in [0.717, 1.165) is 17.1 Å². The average Bonchev–Trinajstić information content (AvgIpc) is 2.80. The first-order valence-electron chi connectivity index (χ1n) is 5.91. The van der Waals surface area contributed by atoms with E-state index in [1.54, 1.807) is 30.5 Å². The third-order valence-electron chi connectivity index (χ3n) is 2.68. The van der Waals surface area contributed by atoms with Gasteiger partial charge in [0.1, 0.15) is 5.56 Å². The van der Waals surface area contributed by atoms with E-state index in [0.29, 0.717) is 17.9 Å². The van der Waals surface area contributed by atoms with Crippen molar-refractivity contribution < 1.29 is 9.90 Å². The van der Waals surface area contributed by atoms with Crippen LogP contribution in [0.3, 0.4) is 0 Å². The molecule has 5 nitrogen and oxygen atoms in total. The first-order chi connectivity index (χ1) is 9.08. The van der Waals surface area contributed by atoms with E-state index in [1.807, 2.05) is 12.3 Å². The quantitative estimate of drug-likeness (QED) is 0.878. The second kappa shape index (κ2) is 5.79. The number of aryl methyl sites for hydroxylation is 2. The molecule has 2 aromatic heterocycles. The number of carboxylic acid groups (broad SMARTS) is 1. The summed E-state index contributed by atoms with van der Waals surface area (Å²) < 4.78 is 0. The largest absolute Gasteiger partial charge is 0.478 e. The van der Waals surface area contributed by atoms with Crippen LogP contribution in [-0.4, -0.2) is 27.6 Å². The molecule has 0 aliphatic heterocycles. The standard InChI is InChI=1S/C13H15N3O2S/c1-8-7-10(12(13(17)18)9(2)16-8)14-4-3-11-15-5-6-19-11/h5-7H,3-4H2,1-2H3,(H,14,16)(H,17,18). The van der Waals surface area contributed by atoms with Crippen molar-refractivity contribution in [3.63, 3.8) is 0 Å². The second-order valence-electron chi connectivity index (χ2n) is 4.18. The van der Waals surface area contributed by atoms with Crippen LogP contribution in [0.1, 0.15) is 26.8 Å². The van der Waals surface area contributed by atoms with Crippen molar-refractivity contribution in [3.05, 3.63) is 39.6 Å². The molecule has 2 rings (SSSR count). The average molecular weight is 277 g/mol. The normalized spacial score (nSPS) is 10.4. The highest BCUT2D eigenvalue weighted by molar-refractivity contribution is 7.09. The minimum atomic E-state index is -0.957. The van der Waals surface area contributed by atoms with E-state index < -0.39 is 5.97 Å². The maximum Gasteiger partial charge on any atom is 0.339 e. The summed E-state index contributed by atoms with van der Waals surface area (Å²) in [6.07, 6.45) is 2.54. The lowest BCUT2D eigenvalue weighted by Gasteiger charge is -2.11. The Morgan fingerprint density at radius 1 is 1.47 bits per heavy atom. The summed E-state index contributed by atoms with van der Waals surface area (Å²) >= 11 is 1.60. The molecule has 0 aliphatic rings. The van der Waals surface area contributed by atoms with Crippen molar-refractivity contribution in [2.75, 3.05) is 11.9 Å². The third-order valence-corrected chi connectivity index (χ3v) is 3.52. The molecule has 6 heteroatoms. The van der Waals surface area contributed by atoms with Gasteiger partial charge in [-0.25, -0.2) is 9.78 Å². The minimum absolute atomic E-state index is 0.240. The Morgan fingerprint density at radius 3 is 2.89 bits per heavy atom. The first kappa shape index (κ1) is 13.5. The molecule has 2 aromatic rings. The van der Waals surface area contributed by atoms with Crippen LogP contribution in [0.5, 0.6) is 0 Å². The van der Waals surface area contributed by atoms with E-state index in [9.17, 15) is 9.90 Å². The summed E-state index contributed by atoms with van der Waals surface area (Å²) in [7, 11) is 0. The summed E-state index contributed by atoms with van der Waals surface area (Å²) in [5.41, 5.74) is 2.20. The highest BCUT2D eigenvalue weighted by Gasteiger charge is 2.15. The molecule has 0 bridgehead atoms. The molecule has 19 heavy (non-hydrogen) atoms. The van der Waals surface area contributed by atoms with Crippen LogP contribution < -0.4 is 5.32 Å². The lowest BCUT2D eigenvalue weighted by atomic mass is 10.1. The monoisotopic (exact) mass is 277 g/mol. The lowest BCUT2D eigenvalue weighted by Crippen LogP contribution is -2.12. The van der Waals surface area contributed by atoms with E-state index in [2.05, 4.69) is 15.3 Å². The SMILES string of the molecule is Cc1cc(NCCc2nccs2)c(C(=O)O)c(C)n1. The molecule has 2 N–H and O–H groups in total. The molecule has 0 aromatic carbocycles. The summed E-state index contributed by atoms with van der Waals surface area (Å²) in [4.78, 5) is 19.6. The number of hydrogen-bond donors (Lipinski definition) is 2. The summed E-state index contributed by atoms with van der Waals surface area (Å²) in [6.45, 7) is 4.21. The number of anilines is 1. The third kappa shape index (κ3) is 3.29. The van der Waals surface area contributed by atoms with E-state index in [-0.39, 0.29) is 5.56 Å². The zero-order chi connectivity index (χ0) is 13.8. The van der Waals surface area contributed by atoms with Gasteiger partial charge in [-0.15, -0.1) is 11.3 Å². The fourth-order valence-corrected chi connectivity index (χ4v) is 2.54. The van der Waals surface area contributed by atoms with Gasteiger partial charge in [0.25, 0.3) is 0 Å². The number of carboxylic acids is 1. The van der Waals surface area contributed by atoms with Gasteiger partial charge in [-0.2, -0.15) is 0 Å². The Balaban J connectivity index is 2.12. The van der Waals surface area contributed by atoms with Gasteiger partial charge >= 0.3 is 5.97 Å². The molecule has 0 fully saturated rings. The van der Waals surface area contributed by atoms with Crippen LogP contribution in [0, 0.1) is 13.8 Å². The smallest absolute Gasteiger partial charge is 0.339 e. The van der Waals surface area contributed by atoms with Crippen LogP contribution in [0.25, 0.3) is 0 Å². The number of nitrogens with zero attached hydrogens (tertiary/aromatic N) is 2. The fourth-order valence-electron chi connectivity index (χ4n) is 1.92. The predicted molar refractivity (Wildman–Crippen MR) is 75.0 cm³/mol. The van der Waals surface area contributed by atoms with Crippen molar-refractivity contribution in [1.29, 1.82) is 0 Å². The van der Waals surface area contributed by atoms with Gasteiger partial charge in [0, 0.05) is 30.2 Å². The molecule has 100 valence electrons. The Morgan fingerprint density at radius 2 is 2.26 bits per heavy atom. The van der Waals surface area contributed by atoms with Crippen LogP contribution >= 0.6 is 11.3 Å². The minimum Gasteiger partial charge on any atom is -0.478 e. The van der Waals surface area contributed by atoms with Crippen LogP contribution in [0.2, 0.25) is 0 Å². The second-order valence-corrected chi connectivity index (χ2v) is 5.16. The molecular formula is C13H15N3O2S. The highest BCUT2D eigenvalue weighted by atomic mass is 32.1. The van der Waals surface area contributed by atoms with Gasteiger partial charge < -0.3 is 10.4 Å². The fraction of sp³-hybridized carbons (Fsp3) is 0.308. The van der Waals surface area contributed by atoms with Crippen molar-refractivity contribution in [1.82, 2.24) is 9.97 Å². The first-order valence-corrected chi connectivity index (χ1v) is 6.79. The molecule has 0 saturated heterocycles. The molecular weight excluding hydrogens is 262 g/mol. The van der Waals surface area contributed by atoms with E-state index in [4.69, 9.17) is 0 Å². The Bertz CT molecular complexity index is 582. The zero-order valence-corrected chi connectivity index (χ0v) is 11.6. The maximum absolute atomic E-state index is 11.3. The van der Waals surface area contributed by atoms with Gasteiger partial charge in [0.15, 0.2) is 0 Å². The Labute approximate surface area is 115 Å². The van der Waals surface area contributed by atoms with Gasteiger partial charge in [0.2, 0.25) is 0 Å². The topological polar surface area (TPSA) is 75.1 Å².